The summed E-state index contributed by atoms with van der Waals surface area (Å²) < 4.78 is 25.7. The number of hydrogen-bond acceptors (Lipinski definition) is 8. The van der Waals surface area contributed by atoms with Crippen LogP contribution in [0.5, 0.6) is 0 Å². The maximum absolute atomic E-state index is 11.9. The van der Waals surface area contributed by atoms with Gasteiger partial charge in [-0.05, 0) is 0 Å². The minimum atomic E-state index is -3.89. The lowest BCUT2D eigenvalue weighted by molar-refractivity contribution is -0.383. The normalized spacial score (nSPS) is 11.3. The first-order valence-electron chi connectivity index (χ1n) is 4.36. The summed E-state index contributed by atoms with van der Waals surface area (Å²) in [6.07, 6.45) is 1.44. The first kappa shape index (κ1) is 12.7. The highest BCUT2D eigenvalue weighted by Crippen LogP contribution is 2.35. The summed E-state index contributed by atoms with van der Waals surface area (Å²) in [5, 5.41) is 12.2. The van der Waals surface area contributed by atoms with E-state index in [9.17, 15) is 18.5 Å². The van der Waals surface area contributed by atoms with Crippen molar-refractivity contribution in [1.29, 1.82) is 0 Å². The molecule has 11 heteroatoms. The molecular formula is C7H6N4O4S3. The molecule has 2 heterocycles. The van der Waals surface area contributed by atoms with Gasteiger partial charge in [0.15, 0.2) is 10.1 Å². The Kier molecular flexibility index (Phi) is 3.19. The zero-order valence-electron chi connectivity index (χ0n) is 8.56. The van der Waals surface area contributed by atoms with E-state index in [0.717, 1.165) is 17.4 Å². The molecule has 0 atom stereocenters. The van der Waals surface area contributed by atoms with Gasteiger partial charge in [-0.2, -0.15) is 0 Å². The van der Waals surface area contributed by atoms with Gasteiger partial charge in [0.2, 0.25) is 0 Å². The average Bonchev–Trinajstić information content (AvgIpc) is 2.86. The number of hydrogen-bond donors (Lipinski definition) is 2. The van der Waals surface area contributed by atoms with Crippen molar-refractivity contribution in [3.63, 3.8) is 0 Å². The molecule has 0 spiro atoms. The van der Waals surface area contributed by atoms with E-state index in [4.69, 9.17) is 5.73 Å². The van der Waals surface area contributed by atoms with E-state index in [1.807, 2.05) is 0 Å². The molecule has 2 aromatic rings. The Bertz CT molecular complexity index is 676. The van der Waals surface area contributed by atoms with Crippen LogP contribution in [0.2, 0.25) is 0 Å². The van der Waals surface area contributed by atoms with Crippen molar-refractivity contribution in [3.05, 3.63) is 27.8 Å². The molecule has 0 saturated heterocycles. The smallest absolute Gasteiger partial charge is 0.304 e. The van der Waals surface area contributed by atoms with Gasteiger partial charge in [0.25, 0.3) is 10.0 Å². The molecule has 0 unspecified atom stereocenters. The summed E-state index contributed by atoms with van der Waals surface area (Å²) in [6, 6.07) is 0.927. The molecule has 0 aliphatic heterocycles. The fourth-order valence-electron chi connectivity index (χ4n) is 1.09. The van der Waals surface area contributed by atoms with Gasteiger partial charge in [-0.25, -0.2) is 13.4 Å². The van der Waals surface area contributed by atoms with Gasteiger partial charge < -0.3 is 5.73 Å². The van der Waals surface area contributed by atoms with Crippen LogP contribution in [0.4, 0.5) is 15.8 Å². The zero-order valence-corrected chi connectivity index (χ0v) is 11.0. The van der Waals surface area contributed by atoms with Gasteiger partial charge in [0, 0.05) is 17.6 Å². The minimum Gasteiger partial charge on any atom is -0.385 e. The monoisotopic (exact) mass is 306 g/mol. The number of rotatable bonds is 4. The summed E-state index contributed by atoms with van der Waals surface area (Å²) in [5.74, 6) is 0. The Hall–Kier alpha value is -1.72. The van der Waals surface area contributed by atoms with E-state index in [1.165, 1.54) is 6.20 Å². The van der Waals surface area contributed by atoms with E-state index in [-0.39, 0.29) is 14.3 Å². The highest BCUT2D eigenvalue weighted by molar-refractivity contribution is 7.95. The number of thiazole rings is 1. The van der Waals surface area contributed by atoms with E-state index >= 15 is 0 Å². The van der Waals surface area contributed by atoms with Crippen molar-refractivity contribution in [3.8, 4) is 0 Å². The first-order valence-corrected chi connectivity index (χ1v) is 7.54. The summed E-state index contributed by atoms with van der Waals surface area (Å²) >= 11 is 1.73. The first-order chi connectivity index (χ1) is 8.40. The van der Waals surface area contributed by atoms with Crippen molar-refractivity contribution in [2.75, 3.05) is 10.5 Å². The number of thiophene rings is 1. The van der Waals surface area contributed by atoms with Gasteiger partial charge in [-0.3, -0.25) is 14.8 Å². The highest BCUT2D eigenvalue weighted by atomic mass is 32.2. The summed E-state index contributed by atoms with van der Waals surface area (Å²) in [5.41, 5.74) is 4.97. The predicted octanol–water partition coefficient (Wildman–Crippen LogP) is 1.50. The highest BCUT2D eigenvalue weighted by Gasteiger charge is 2.25. The largest absolute Gasteiger partial charge is 0.385 e. The number of nitrogens with two attached hydrogens (primary N) is 1. The van der Waals surface area contributed by atoms with E-state index < -0.39 is 20.6 Å². The maximum Gasteiger partial charge on any atom is 0.304 e. The lowest BCUT2D eigenvalue weighted by Gasteiger charge is -2.00. The molecule has 0 aromatic carbocycles. The van der Waals surface area contributed by atoms with Gasteiger partial charge in [0.1, 0.15) is 4.21 Å². The molecule has 0 bridgehead atoms. The second-order valence-corrected chi connectivity index (χ2v) is 6.90. The molecule has 8 nitrogen and oxygen atoms in total. The quantitative estimate of drug-likeness (QED) is 0.650. The Morgan fingerprint density at radius 3 is 2.72 bits per heavy atom. The van der Waals surface area contributed by atoms with Gasteiger partial charge in [0.05, 0.1) is 4.92 Å². The Morgan fingerprint density at radius 2 is 2.22 bits per heavy atom. The molecular weight excluding hydrogens is 300 g/mol. The topological polar surface area (TPSA) is 128 Å². The van der Waals surface area contributed by atoms with E-state index in [1.54, 1.807) is 5.38 Å². The third kappa shape index (κ3) is 2.42. The Labute approximate surface area is 109 Å². The summed E-state index contributed by atoms with van der Waals surface area (Å²) in [6.45, 7) is 0. The number of aromatic nitrogens is 1. The number of nitro groups is 1. The van der Waals surface area contributed by atoms with Crippen molar-refractivity contribution < 1.29 is 13.3 Å². The second kappa shape index (κ2) is 4.51. The lowest BCUT2D eigenvalue weighted by atomic mass is 10.5. The van der Waals surface area contributed by atoms with Crippen LogP contribution >= 0.6 is 22.7 Å². The standard InChI is InChI=1S/C7H6N4O4S3/c8-6-4(11(12)13)3-5(17-6)18(14,15)10-7-9-1-2-16-7/h1-3H,8H2,(H,9,10). The van der Waals surface area contributed by atoms with Gasteiger partial charge >= 0.3 is 5.69 Å². The number of nitrogen functional groups attached to an aromatic ring is 1. The summed E-state index contributed by atoms with van der Waals surface area (Å²) in [7, 11) is -3.89. The maximum atomic E-state index is 11.9. The second-order valence-electron chi connectivity index (χ2n) is 3.01. The summed E-state index contributed by atoms with van der Waals surface area (Å²) in [4.78, 5) is 13.6. The molecule has 2 aromatic heterocycles. The number of anilines is 2. The van der Waals surface area contributed by atoms with Gasteiger partial charge in [-0.1, -0.05) is 11.3 Å². The molecule has 0 fully saturated rings. The molecule has 18 heavy (non-hydrogen) atoms. The van der Waals surface area contributed by atoms with Crippen molar-refractivity contribution in [2.45, 2.75) is 4.21 Å². The average molecular weight is 306 g/mol. The predicted molar refractivity (Wildman–Crippen MR) is 68.3 cm³/mol. The molecule has 3 N–H and O–H groups in total. The van der Waals surface area contributed by atoms with Crippen molar-refractivity contribution in [1.82, 2.24) is 4.98 Å². The fourth-order valence-corrected chi connectivity index (χ4v) is 4.09. The third-order valence-corrected chi connectivity index (χ3v) is 5.42. The third-order valence-electron chi connectivity index (χ3n) is 1.83. The zero-order chi connectivity index (χ0) is 13.3. The molecule has 2 rings (SSSR count). The lowest BCUT2D eigenvalue weighted by Crippen LogP contribution is -2.11. The molecule has 0 amide bonds. The number of sulfonamides is 1. The molecule has 0 saturated carbocycles. The number of nitrogens with one attached hydrogen (secondary N) is 1. The fraction of sp³-hybridized carbons (Fsp3) is 0. The molecule has 0 aliphatic carbocycles. The van der Waals surface area contributed by atoms with Crippen LogP contribution in [-0.2, 0) is 10.0 Å². The Morgan fingerprint density at radius 1 is 1.50 bits per heavy atom. The SMILES string of the molecule is Nc1sc(S(=O)(=O)Nc2nccs2)cc1[N+](=O)[O-]. The van der Waals surface area contributed by atoms with Crippen LogP contribution in [0.1, 0.15) is 0 Å². The minimum absolute atomic E-state index is 0.153. The van der Waals surface area contributed by atoms with Crippen LogP contribution in [0.15, 0.2) is 21.9 Å². The van der Waals surface area contributed by atoms with Crippen LogP contribution in [-0.4, -0.2) is 18.3 Å². The molecule has 96 valence electrons. The van der Waals surface area contributed by atoms with E-state index in [2.05, 4.69) is 9.71 Å². The van der Waals surface area contributed by atoms with Crippen molar-refractivity contribution in [2.24, 2.45) is 0 Å². The van der Waals surface area contributed by atoms with Crippen LogP contribution in [0.25, 0.3) is 0 Å². The van der Waals surface area contributed by atoms with Crippen LogP contribution in [0, 0.1) is 10.1 Å². The van der Waals surface area contributed by atoms with Crippen LogP contribution in [0.3, 0.4) is 0 Å². The van der Waals surface area contributed by atoms with Crippen molar-refractivity contribution >= 4 is 48.5 Å². The molecule has 0 radical (unpaired) electrons. The number of nitrogens with zero attached hydrogens (tertiary/aromatic N) is 2. The van der Waals surface area contributed by atoms with Gasteiger partial charge in [-0.15, -0.1) is 11.3 Å². The Balaban J connectivity index is 2.36. The van der Waals surface area contributed by atoms with Crippen LogP contribution < -0.4 is 10.5 Å². The van der Waals surface area contributed by atoms with E-state index in [0.29, 0.717) is 11.3 Å². The molecule has 0 aliphatic rings.